The third-order valence-corrected chi connectivity index (χ3v) is 5.01. The van der Waals surface area contributed by atoms with Gasteiger partial charge in [-0.15, -0.1) is 0 Å². The average molecular weight is 353 g/mol. The van der Waals surface area contributed by atoms with Crippen molar-refractivity contribution in [2.24, 2.45) is 0 Å². The molecule has 8 nitrogen and oxygen atoms in total. The maximum absolute atomic E-state index is 11.2. The van der Waals surface area contributed by atoms with Crippen molar-refractivity contribution in [3.05, 3.63) is 24.3 Å². The molecule has 2 aromatic rings. The van der Waals surface area contributed by atoms with Crippen LogP contribution in [-0.4, -0.2) is 38.5 Å². The van der Waals surface area contributed by atoms with E-state index in [-0.39, 0.29) is 5.22 Å². The van der Waals surface area contributed by atoms with Crippen LogP contribution in [-0.2, 0) is 9.47 Å². The van der Waals surface area contributed by atoms with Crippen LogP contribution in [0.3, 0.4) is 0 Å². The predicted molar refractivity (Wildman–Crippen MR) is 83.1 cm³/mol. The van der Waals surface area contributed by atoms with Crippen LogP contribution in [0.5, 0.6) is 0 Å². The van der Waals surface area contributed by atoms with Crippen molar-refractivity contribution in [2.45, 2.75) is 41.9 Å². The number of ether oxygens (including phenoxy) is 2. The molecule has 0 aliphatic heterocycles. The van der Waals surface area contributed by atoms with Gasteiger partial charge in [0.05, 0.1) is 0 Å². The molecule has 0 radical (unpaired) electrons. The van der Waals surface area contributed by atoms with Crippen LogP contribution in [0.4, 0.5) is 9.59 Å². The normalized spacial score (nSPS) is 23.8. The van der Waals surface area contributed by atoms with Crippen molar-refractivity contribution >= 4 is 35.2 Å². The lowest BCUT2D eigenvalue weighted by atomic mass is 9.94. The molecule has 0 amide bonds. The monoisotopic (exact) mass is 353 g/mol. The van der Waals surface area contributed by atoms with Gasteiger partial charge in [-0.25, -0.2) is 14.6 Å². The summed E-state index contributed by atoms with van der Waals surface area (Å²) in [5.41, 5.74) is 1.17. The molecule has 1 heterocycles. The maximum atomic E-state index is 11.2. The highest BCUT2D eigenvalue weighted by Gasteiger charge is 2.49. The van der Waals surface area contributed by atoms with E-state index in [9.17, 15) is 9.59 Å². The van der Waals surface area contributed by atoms with E-state index >= 15 is 0 Å². The largest absolute Gasteiger partial charge is 0.507 e. The van der Waals surface area contributed by atoms with Gasteiger partial charge in [0.15, 0.2) is 11.7 Å². The van der Waals surface area contributed by atoms with Crippen LogP contribution in [0.15, 0.2) is 33.9 Å². The highest BCUT2D eigenvalue weighted by Crippen LogP contribution is 2.46. The topological polar surface area (TPSA) is 119 Å². The van der Waals surface area contributed by atoms with Gasteiger partial charge < -0.3 is 24.1 Å². The summed E-state index contributed by atoms with van der Waals surface area (Å²) in [5, 5.41) is 18.3. The number of fused-ring (bicyclic) bond motifs is 1. The molecule has 1 fully saturated rings. The molecular formula is C15H15NO7S. The number of carboxylic acid groups (broad SMARTS) is 2. The SMILES string of the molecule is O=C(O)OC1CCCCC1(OC(=O)O)Sc1nc2ccccc2o1. The van der Waals surface area contributed by atoms with E-state index in [1.54, 1.807) is 24.3 Å². The standard InChI is InChI=1S/C15H15NO7S/c17-13(18)22-11-7-3-4-8-15(11,23-14(19)20)24-12-16-9-5-1-2-6-10(9)21-12/h1-2,5-6,11H,3-4,7-8H2,(H,17,18)(H,19,20). The molecular weight excluding hydrogens is 338 g/mol. The van der Waals surface area contributed by atoms with Crippen molar-refractivity contribution in [1.82, 2.24) is 4.98 Å². The van der Waals surface area contributed by atoms with Crippen LogP contribution in [0.25, 0.3) is 11.1 Å². The Bertz CT molecular complexity index is 728. The van der Waals surface area contributed by atoms with Gasteiger partial charge in [0.1, 0.15) is 5.52 Å². The van der Waals surface area contributed by atoms with Crippen molar-refractivity contribution in [2.75, 3.05) is 0 Å². The number of nitrogens with zero attached hydrogens (tertiary/aromatic N) is 1. The lowest BCUT2D eigenvalue weighted by Crippen LogP contribution is -2.47. The van der Waals surface area contributed by atoms with Crippen LogP contribution in [0.1, 0.15) is 25.7 Å². The Kier molecular flexibility index (Phi) is 4.52. The van der Waals surface area contributed by atoms with Gasteiger partial charge in [-0.3, -0.25) is 0 Å². The molecule has 9 heteroatoms. The molecule has 1 aromatic carbocycles. The van der Waals surface area contributed by atoms with E-state index in [1.807, 2.05) is 0 Å². The summed E-state index contributed by atoms with van der Waals surface area (Å²) in [6.45, 7) is 0. The number of carbonyl (C=O) groups is 2. The van der Waals surface area contributed by atoms with E-state index in [0.29, 0.717) is 30.4 Å². The molecule has 2 atom stereocenters. The molecule has 2 unspecified atom stereocenters. The fourth-order valence-corrected chi connectivity index (χ4v) is 4.02. The fourth-order valence-electron chi connectivity index (χ4n) is 2.80. The van der Waals surface area contributed by atoms with Crippen LogP contribution in [0, 0.1) is 0 Å². The van der Waals surface area contributed by atoms with Gasteiger partial charge in [0.25, 0.3) is 5.22 Å². The molecule has 1 aliphatic rings. The second kappa shape index (κ2) is 6.60. The Labute approximate surface area is 140 Å². The van der Waals surface area contributed by atoms with Crippen LogP contribution < -0.4 is 0 Å². The summed E-state index contributed by atoms with van der Waals surface area (Å²) in [6, 6.07) is 7.10. The number of benzene rings is 1. The number of rotatable bonds is 4. The number of para-hydroxylation sites is 2. The summed E-state index contributed by atoms with van der Waals surface area (Å²) in [6.07, 6.45) is -1.83. The minimum Gasteiger partial charge on any atom is -0.450 e. The van der Waals surface area contributed by atoms with Crippen molar-refractivity contribution in [1.29, 1.82) is 0 Å². The van der Waals surface area contributed by atoms with Gasteiger partial charge >= 0.3 is 12.3 Å². The summed E-state index contributed by atoms with van der Waals surface area (Å²) in [5.74, 6) is 0. The van der Waals surface area contributed by atoms with E-state index < -0.39 is 23.3 Å². The van der Waals surface area contributed by atoms with Crippen LogP contribution in [0.2, 0.25) is 0 Å². The molecule has 0 bridgehead atoms. The molecule has 2 N–H and O–H groups in total. The first-order valence-electron chi connectivity index (χ1n) is 7.35. The van der Waals surface area contributed by atoms with Crippen molar-refractivity contribution in [3.8, 4) is 0 Å². The first-order valence-corrected chi connectivity index (χ1v) is 8.16. The molecule has 3 rings (SSSR count). The number of thioether (sulfide) groups is 1. The first-order chi connectivity index (χ1) is 11.5. The quantitative estimate of drug-likeness (QED) is 0.622. The average Bonchev–Trinajstić information content (AvgIpc) is 2.90. The Morgan fingerprint density at radius 2 is 2.04 bits per heavy atom. The highest BCUT2D eigenvalue weighted by molar-refractivity contribution is 8.00. The number of oxazole rings is 1. The second-order valence-corrected chi connectivity index (χ2v) is 6.59. The van der Waals surface area contributed by atoms with Gasteiger partial charge in [-0.05, 0) is 43.2 Å². The Hall–Kier alpha value is -2.42. The number of aromatic nitrogens is 1. The third-order valence-electron chi connectivity index (χ3n) is 3.77. The fraction of sp³-hybridized carbons (Fsp3) is 0.400. The molecule has 0 spiro atoms. The van der Waals surface area contributed by atoms with Gasteiger partial charge in [-0.2, -0.15) is 0 Å². The highest BCUT2D eigenvalue weighted by atomic mass is 32.2. The first kappa shape index (κ1) is 16.4. The Balaban J connectivity index is 1.94. The summed E-state index contributed by atoms with van der Waals surface area (Å²) >= 11 is 0.947. The number of hydrogen-bond donors (Lipinski definition) is 2. The molecule has 1 aliphatic carbocycles. The third kappa shape index (κ3) is 3.40. The molecule has 24 heavy (non-hydrogen) atoms. The van der Waals surface area contributed by atoms with Crippen LogP contribution >= 0.6 is 11.8 Å². The summed E-state index contributed by atoms with van der Waals surface area (Å²) < 4.78 is 15.6. The van der Waals surface area contributed by atoms with E-state index in [0.717, 1.165) is 18.2 Å². The second-order valence-electron chi connectivity index (χ2n) is 5.35. The van der Waals surface area contributed by atoms with E-state index in [2.05, 4.69) is 4.98 Å². The predicted octanol–water partition coefficient (Wildman–Crippen LogP) is 3.95. The lowest BCUT2D eigenvalue weighted by Gasteiger charge is -2.39. The molecule has 0 saturated heterocycles. The summed E-state index contributed by atoms with van der Waals surface area (Å²) in [4.78, 5) is 25.0. The molecule has 1 saturated carbocycles. The lowest BCUT2D eigenvalue weighted by molar-refractivity contribution is -0.0766. The maximum Gasteiger partial charge on any atom is 0.507 e. The van der Waals surface area contributed by atoms with Gasteiger partial charge in [0.2, 0.25) is 4.93 Å². The Morgan fingerprint density at radius 3 is 2.75 bits per heavy atom. The smallest absolute Gasteiger partial charge is 0.450 e. The van der Waals surface area contributed by atoms with E-state index in [1.165, 1.54) is 0 Å². The minimum absolute atomic E-state index is 0.207. The summed E-state index contributed by atoms with van der Waals surface area (Å²) in [7, 11) is 0. The van der Waals surface area contributed by atoms with Gasteiger partial charge in [-0.1, -0.05) is 12.1 Å². The minimum atomic E-state index is -1.50. The van der Waals surface area contributed by atoms with Crippen molar-refractivity contribution < 1.29 is 33.7 Å². The van der Waals surface area contributed by atoms with Gasteiger partial charge in [0, 0.05) is 6.42 Å². The molecule has 128 valence electrons. The Morgan fingerprint density at radius 1 is 1.25 bits per heavy atom. The zero-order valence-electron chi connectivity index (χ0n) is 12.5. The van der Waals surface area contributed by atoms with E-state index in [4.69, 9.17) is 24.1 Å². The zero-order valence-corrected chi connectivity index (χ0v) is 13.3. The number of hydrogen-bond acceptors (Lipinski definition) is 7. The van der Waals surface area contributed by atoms with Crippen molar-refractivity contribution in [3.63, 3.8) is 0 Å². The molecule has 1 aromatic heterocycles. The zero-order chi connectivity index (χ0) is 17.2.